The number of rotatable bonds is 12. The zero-order chi connectivity index (χ0) is 50.9. The molecule has 0 N–H and O–H groups in total. The van der Waals surface area contributed by atoms with E-state index in [4.69, 9.17) is 0 Å². The van der Waals surface area contributed by atoms with Crippen molar-refractivity contribution >= 4 is 48.4 Å². The number of hydrogen-bond donors (Lipinski definition) is 0. The second kappa shape index (κ2) is 26.0. The molecule has 1 aliphatic heterocycles. The molecular formula is C60H84Si6. The maximum absolute atomic E-state index is 3.72. The molecule has 1 heterocycles. The second-order valence-electron chi connectivity index (χ2n) is 22.1. The fourth-order valence-corrected chi connectivity index (χ4v) is 27.8. The highest BCUT2D eigenvalue weighted by Crippen LogP contribution is 2.36. The van der Waals surface area contributed by atoms with E-state index in [1.807, 2.05) is 0 Å². The Morgan fingerprint density at radius 1 is 0.136 bits per heavy atom. The van der Waals surface area contributed by atoms with E-state index in [9.17, 15) is 0 Å². The molecule has 6 heteroatoms. The predicted octanol–water partition coefficient (Wildman–Crippen LogP) is 14.1. The van der Waals surface area contributed by atoms with Gasteiger partial charge in [-0.2, -0.15) is 0 Å². The van der Waals surface area contributed by atoms with Gasteiger partial charge in [0.25, 0.3) is 0 Å². The highest BCUT2D eigenvalue weighted by molar-refractivity contribution is 6.99. The van der Waals surface area contributed by atoms with Crippen LogP contribution in [0.5, 0.6) is 0 Å². The zero-order valence-corrected chi connectivity index (χ0v) is 51.9. The van der Waals surface area contributed by atoms with Crippen molar-refractivity contribution in [3.05, 3.63) is 0 Å². The van der Waals surface area contributed by atoms with E-state index in [2.05, 4.69) is 304 Å². The van der Waals surface area contributed by atoms with Gasteiger partial charge in [-0.1, -0.05) is 166 Å². The minimum atomic E-state index is -2.49. The SMILES string of the molecule is CC(C)[Si]1(C(C)C)C#CC#C[Si](C(C)C)(C(C)C)C#CC#C[Si](C(C)C)(C(C)C)C#CC#C[Si](C(C)C)(C(C)C)C#CC#C[Si](C(C)C)(C(C)C)C#CC#C[Si](C(C)C)(C(C)C)C#CC#C1. The van der Waals surface area contributed by atoms with Crippen LogP contribution in [-0.2, 0) is 0 Å². The molecule has 0 saturated carbocycles. The first-order valence-electron chi connectivity index (χ1n) is 24.8. The molecule has 0 amide bonds. The normalized spacial score (nSPS) is 17.6. The van der Waals surface area contributed by atoms with Gasteiger partial charge < -0.3 is 0 Å². The van der Waals surface area contributed by atoms with Crippen LogP contribution in [0.25, 0.3) is 0 Å². The molecule has 0 aromatic heterocycles. The van der Waals surface area contributed by atoms with Crippen LogP contribution in [0.15, 0.2) is 0 Å². The third-order valence-corrected chi connectivity index (χ3v) is 42.9. The van der Waals surface area contributed by atoms with Gasteiger partial charge in [-0.3, -0.25) is 0 Å². The van der Waals surface area contributed by atoms with E-state index in [0.29, 0.717) is 66.5 Å². The van der Waals surface area contributed by atoms with Crippen molar-refractivity contribution in [3.8, 4) is 138 Å². The van der Waals surface area contributed by atoms with Crippen LogP contribution in [0.3, 0.4) is 0 Å². The monoisotopic (exact) mass is 973 g/mol. The summed E-state index contributed by atoms with van der Waals surface area (Å²) in [6.45, 7) is 54.2. The summed E-state index contributed by atoms with van der Waals surface area (Å²) < 4.78 is 0. The van der Waals surface area contributed by atoms with Gasteiger partial charge in [0.05, 0.1) is 0 Å². The Labute approximate surface area is 416 Å². The van der Waals surface area contributed by atoms with Crippen LogP contribution in [0, 0.1) is 138 Å². The van der Waals surface area contributed by atoms with Gasteiger partial charge in [-0.25, -0.2) is 0 Å². The molecule has 0 saturated heterocycles. The van der Waals surface area contributed by atoms with E-state index in [-0.39, 0.29) is 0 Å². The van der Waals surface area contributed by atoms with Gasteiger partial charge >= 0.3 is 0 Å². The maximum atomic E-state index is 3.72. The first-order chi connectivity index (χ1) is 30.6. The van der Waals surface area contributed by atoms with E-state index in [0.717, 1.165) is 0 Å². The minimum Gasteiger partial charge on any atom is -0.101 e. The van der Waals surface area contributed by atoms with Crippen molar-refractivity contribution in [3.63, 3.8) is 0 Å². The molecule has 0 spiro atoms. The maximum Gasteiger partial charge on any atom is 0.224 e. The topological polar surface area (TPSA) is 0 Å². The lowest BCUT2D eigenvalue weighted by atomic mass is 10.5. The van der Waals surface area contributed by atoms with Crippen LogP contribution in [0.2, 0.25) is 66.5 Å². The third kappa shape index (κ3) is 14.0. The van der Waals surface area contributed by atoms with Gasteiger partial charge in [-0.15, -0.1) is 66.5 Å². The molecule has 0 bridgehead atoms. The summed E-state index contributed by atoms with van der Waals surface area (Å²) in [7, 11) is -14.9. The Kier molecular flexibility index (Phi) is 23.6. The zero-order valence-electron chi connectivity index (χ0n) is 45.9. The predicted molar refractivity (Wildman–Crippen MR) is 309 cm³/mol. The molecule has 0 aromatic carbocycles. The molecule has 0 aliphatic carbocycles. The molecular weight excluding hydrogens is 889 g/mol. The third-order valence-electron chi connectivity index (χ3n) is 14.5. The summed E-state index contributed by atoms with van der Waals surface area (Å²) >= 11 is 0. The first-order valence-corrected chi connectivity index (χ1v) is 37.7. The minimum absolute atomic E-state index is 0.297. The Bertz CT molecular complexity index is 1870. The van der Waals surface area contributed by atoms with Gasteiger partial charge in [0.2, 0.25) is 48.4 Å². The van der Waals surface area contributed by atoms with Gasteiger partial charge in [0.15, 0.2) is 0 Å². The molecule has 0 fully saturated rings. The smallest absolute Gasteiger partial charge is 0.101 e. The van der Waals surface area contributed by atoms with Crippen molar-refractivity contribution in [1.82, 2.24) is 0 Å². The van der Waals surface area contributed by atoms with Crippen molar-refractivity contribution in [2.75, 3.05) is 0 Å². The van der Waals surface area contributed by atoms with Crippen molar-refractivity contribution < 1.29 is 0 Å². The van der Waals surface area contributed by atoms with Crippen LogP contribution in [-0.4, -0.2) is 48.4 Å². The quantitative estimate of drug-likeness (QED) is 0.135. The summed E-state index contributed by atoms with van der Waals surface area (Å²) in [6, 6.07) is 0. The Morgan fingerprint density at radius 2 is 0.197 bits per heavy atom. The Morgan fingerprint density at radius 3 is 0.242 bits per heavy atom. The van der Waals surface area contributed by atoms with E-state index < -0.39 is 48.4 Å². The van der Waals surface area contributed by atoms with Crippen LogP contribution >= 0.6 is 0 Å². The van der Waals surface area contributed by atoms with Crippen LogP contribution in [0.1, 0.15) is 166 Å². The average Bonchev–Trinajstić information content (AvgIpc) is 3.20. The molecule has 0 radical (unpaired) electrons. The van der Waals surface area contributed by atoms with E-state index >= 15 is 0 Å². The van der Waals surface area contributed by atoms with Crippen LogP contribution in [0.4, 0.5) is 0 Å². The van der Waals surface area contributed by atoms with E-state index in [1.54, 1.807) is 0 Å². The lowest BCUT2D eigenvalue weighted by molar-refractivity contribution is 0.933. The average molecular weight is 974 g/mol. The Balaban J connectivity index is 4.76. The molecule has 0 aromatic rings. The first kappa shape index (κ1) is 60.0. The molecule has 0 unspecified atom stereocenters. The molecule has 1 aliphatic rings. The summed E-state index contributed by atoms with van der Waals surface area (Å²) in [5.41, 5.74) is 48.2. The van der Waals surface area contributed by atoms with Crippen molar-refractivity contribution in [2.24, 2.45) is 0 Å². The fourth-order valence-electron chi connectivity index (χ4n) is 9.27. The molecule has 66 heavy (non-hydrogen) atoms. The summed E-state index contributed by atoms with van der Waals surface area (Å²) in [5, 5.41) is 0. The highest BCUT2D eigenvalue weighted by Gasteiger charge is 2.42. The lowest BCUT2D eigenvalue weighted by Crippen LogP contribution is -2.40. The molecule has 0 atom stereocenters. The Hall–Kier alpha value is -3.98. The van der Waals surface area contributed by atoms with Gasteiger partial charge in [0.1, 0.15) is 0 Å². The van der Waals surface area contributed by atoms with Crippen molar-refractivity contribution in [1.29, 1.82) is 0 Å². The lowest BCUT2D eigenvalue weighted by Gasteiger charge is -2.29. The second-order valence-corrected chi connectivity index (χ2v) is 49.4. The summed E-state index contributed by atoms with van der Waals surface area (Å²) in [4.78, 5) is 0. The molecule has 1 rings (SSSR count). The highest BCUT2D eigenvalue weighted by atomic mass is 28.3. The van der Waals surface area contributed by atoms with Gasteiger partial charge in [-0.05, 0) is 138 Å². The fraction of sp³-hybridized carbons (Fsp3) is 0.600. The van der Waals surface area contributed by atoms with Crippen molar-refractivity contribution in [2.45, 2.75) is 233 Å². The summed E-state index contributed by atoms with van der Waals surface area (Å²) in [6.07, 6.45) is 0. The molecule has 348 valence electrons. The van der Waals surface area contributed by atoms with E-state index in [1.165, 1.54) is 0 Å². The van der Waals surface area contributed by atoms with Crippen LogP contribution < -0.4 is 0 Å². The molecule has 0 nitrogen and oxygen atoms in total. The largest absolute Gasteiger partial charge is 0.224 e. The number of hydrogen-bond acceptors (Lipinski definition) is 0. The summed E-state index contributed by atoms with van der Waals surface area (Å²) in [5.74, 6) is 40.6. The van der Waals surface area contributed by atoms with Gasteiger partial charge in [0, 0.05) is 0 Å². The standard InChI is InChI=1S/C60H84Si6/c1-49(2)61(50(3)4)37-25-27-39-62(51(5)6,52(7)8)41-29-31-43-64(55(13)14,56(15)16)45-33-35-47-66(59(21)22,60(23)24)48-36-34-46-65(57(17)18,58(19)20)44-32-30-42-63(53(9)10,54(11)12)40-28-26-38-61/h49-60H,1-24H3.